The van der Waals surface area contributed by atoms with Crippen LogP contribution in [0.25, 0.3) is 6.08 Å². The lowest BCUT2D eigenvalue weighted by Gasteiger charge is -2.28. The number of carboxylic acid groups (broad SMARTS) is 1. The van der Waals surface area contributed by atoms with Crippen molar-refractivity contribution in [2.24, 2.45) is 17.8 Å². The first-order valence-corrected chi connectivity index (χ1v) is 7.32. The Morgan fingerprint density at radius 3 is 2.76 bits per heavy atom. The molecule has 1 heterocycles. The number of aliphatic carboxylic acids is 1. The van der Waals surface area contributed by atoms with Gasteiger partial charge in [-0.1, -0.05) is 0 Å². The first-order chi connectivity index (χ1) is 10.0. The molecule has 0 aromatic carbocycles. The molecule has 2 bridgehead atoms. The molecule has 112 valence electrons. The van der Waals surface area contributed by atoms with Gasteiger partial charge in [0.1, 0.15) is 11.5 Å². The number of hydrogen-bond donors (Lipinski definition) is 2. The number of carbonyl (C=O) groups is 2. The first-order valence-electron chi connectivity index (χ1n) is 7.32. The van der Waals surface area contributed by atoms with Crippen molar-refractivity contribution in [3.63, 3.8) is 0 Å². The van der Waals surface area contributed by atoms with Crippen molar-refractivity contribution in [1.29, 1.82) is 0 Å². The van der Waals surface area contributed by atoms with E-state index in [1.807, 2.05) is 13.0 Å². The fourth-order valence-corrected chi connectivity index (χ4v) is 3.77. The third-order valence-electron chi connectivity index (χ3n) is 4.67. The Morgan fingerprint density at radius 1 is 1.33 bits per heavy atom. The summed E-state index contributed by atoms with van der Waals surface area (Å²) in [4.78, 5) is 23.4. The van der Waals surface area contributed by atoms with Gasteiger partial charge in [0.15, 0.2) is 0 Å². The van der Waals surface area contributed by atoms with Gasteiger partial charge >= 0.3 is 5.97 Å². The van der Waals surface area contributed by atoms with Gasteiger partial charge in [-0.3, -0.25) is 9.59 Å². The Balaban J connectivity index is 1.64. The highest BCUT2D eigenvalue weighted by molar-refractivity contribution is 5.92. The van der Waals surface area contributed by atoms with Gasteiger partial charge < -0.3 is 14.8 Å². The second kappa shape index (κ2) is 5.39. The lowest BCUT2D eigenvalue weighted by Crippen LogP contribution is -2.46. The van der Waals surface area contributed by atoms with Gasteiger partial charge in [-0.25, -0.2) is 0 Å². The molecule has 5 heteroatoms. The van der Waals surface area contributed by atoms with Crippen LogP contribution in [0.15, 0.2) is 22.6 Å². The molecule has 0 aliphatic heterocycles. The fourth-order valence-electron chi connectivity index (χ4n) is 3.77. The summed E-state index contributed by atoms with van der Waals surface area (Å²) >= 11 is 0. The van der Waals surface area contributed by atoms with Crippen LogP contribution in [0.4, 0.5) is 0 Å². The van der Waals surface area contributed by atoms with E-state index in [1.165, 1.54) is 6.08 Å². The maximum atomic E-state index is 12.0. The van der Waals surface area contributed by atoms with Gasteiger partial charge in [-0.2, -0.15) is 0 Å². The van der Waals surface area contributed by atoms with Crippen molar-refractivity contribution in [3.05, 3.63) is 29.7 Å². The van der Waals surface area contributed by atoms with Crippen LogP contribution in [-0.2, 0) is 9.59 Å². The van der Waals surface area contributed by atoms with Gasteiger partial charge in [-0.15, -0.1) is 0 Å². The molecular formula is C16H19NO4. The molecule has 1 aromatic heterocycles. The van der Waals surface area contributed by atoms with Gasteiger partial charge in [0, 0.05) is 12.1 Å². The Hall–Kier alpha value is -2.04. The predicted molar refractivity (Wildman–Crippen MR) is 76.4 cm³/mol. The van der Waals surface area contributed by atoms with Gasteiger partial charge in [0.2, 0.25) is 5.91 Å². The monoisotopic (exact) mass is 289 g/mol. The summed E-state index contributed by atoms with van der Waals surface area (Å²) < 4.78 is 5.35. The zero-order chi connectivity index (χ0) is 15.0. The normalized spacial score (nSPS) is 30.9. The molecule has 2 N–H and O–H groups in total. The van der Waals surface area contributed by atoms with E-state index < -0.39 is 11.9 Å². The molecule has 3 rings (SSSR count). The van der Waals surface area contributed by atoms with E-state index in [-0.39, 0.29) is 17.9 Å². The zero-order valence-electron chi connectivity index (χ0n) is 11.9. The number of furan rings is 1. The van der Waals surface area contributed by atoms with Crippen molar-refractivity contribution >= 4 is 18.0 Å². The molecule has 21 heavy (non-hydrogen) atoms. The molecule has 0 unspecified atom stereocenters. The van der Waals surface area contributed by atoms with Crippen molar-refractivity contribution in [2.75, 3.05) is 0 Å². The minimum absolute atomic E-state index is 0.217. The highest BCUT2D eigenvalue weighted by Crippen LogP contribution is 2.48. The van der Waals surface area contributed by atoms with Gasteiger partial charge in [0.05, 0.1) is 5.92 Å². The smallest absolute Gasteiger partial charge is 0.308 e. The second-order valence-corrected chi connectivity index (χ2v) is 6.01. The summed E-state index contributed by atoms with van der Waals surface area (Å²) in [7, 11) is 0. The van der Waals surface area contributed by atoms with Crippen LogP contribution < -0.4 is 5.32 Å². The van der Waals surface area contributed by atoms with Crippen molar-refractivity contribution < 1.29 is 19.1 Å². The number of hydrogen-bond acceptors (Lipinski definition) is 3. The topological polar surface area (TPSA) is 79.5 Å². The maximum Gasteiger partial charge on any atom is 0.308 e. The molecule has 2 aliphatic rings. The average molecular weight is 289 g/mol. The summed E-state index contributed by atoms with van der Waals surface area (Å²) in [6.07, 6.45) is 5.91. The van der Waals surface area contributed by atoms with E-state index in [2.05, 4.69) is 5.32 Å². The number of amides is 1. The number of aryl methyl sites for hydroxylation is 1. The summed E-state index contributed by atoms with van der Waals surface area (Å²) in [6.45, 7) is 1.84. The van der Waals surface area contributed by atoms with E-state index in [4.69, 9.17) is 4.42 Å². The maximum absolute atomic E-state index is 12.0. The highest BCUT2D eigenvalue weighted by atomic mass is 16.4. The molecule has 4 atom stereocenters. The number of fused-ring (bicyclic) bond motifs is 2. The molecule has 2 fully saturated rings. The van der Waals surface area contributed by atoms with E-state index in [0.717, 1.165) is 25.0 Å². The van der Waals surface area contributed by atoms with E-state index in [0.29, 0.717) is 11.7 Å². The minimum Gasteiger partial charge on any atom is -0.481 e. The van der Waals surface area contributed by atoms with Crippen LogP contribution >= 0.6 is 0 Å². The summed E-state index contributed by atoms with van der Waals surface area (Å²) in [6, 6.07) is 3.38. The molecule has 0 saturated heterocycles. The van der Waals surface area contributed by atoms with E-state index in [9.17, 15) is 14.7 Å². The van der Waals surface area contributed by atoms with Crippen LogP contribution in [0.3, 0.4) is 0 Å². The Morgan fingerprint density at radius 2 is 2.10 bits per heavy atom. The van der Waals surface area contributed by atoms with Crippen LogP contribution in [0.5, 0.6) is 0 Å². The van der Waals surface area contributed by atoms with E-state index >= 15 is 0 Å². The fraction of sp³-hybridized carbons (Fsp3) is 0.500. The SMILES string of the molecule is Cc1ccc(/C=C\C(=O)N[C@@H]2[C@H]3CC[C@@H](C3)[C@H]2C(=O)O)o1. The Bertz CT molecular complexity index is 589. The molecule has 5 nitrogen and oxygen atoms in total. The van der Waals surface area contributed by atoms with Gasteiger partial charge in [-0.05, 0) is 56.2 Å². The summed E-state index contributed by atoms with van der Waals surface area (Å²) in [5.41, 5.74) is 0. The third kappa shape index (κ3) is 2.73. The molecule has 2 saturated carbocycles. The summed E-state index contributed by atoms with van der Waals surface area (Å²) in [5, 5.41) is 12.2. The molecular weight excluding hydrogens is 270 g/mol. The third-order valence-corrected chi connectivity index (χ3v) is 4.67. The second-order valence-electron chi connectivity index (χ2n) is 6.01. The quantitative estimate of drug-likeness (QED) is 0.833. The standard InChI is InChI=1S/C16H19NO4/c1-9-2-5-12(21-9)6-7-13(18)17-15-11-4-3-10(8-11)14(15)16(19)20/h2,5-7,10-11,14-15H,3-4,8H2,1H3,(H,17,18)(H,19,20)/b7-6-/t10-,11-,14+,15+/m0/s1. The average Bonchev–Trinajstić information content (AvgIpc) is 3.11. The first kappa shape index (κ1) is 13.9. The molecule has 0 radical (unpaired) electrons. The molecule has 2 aliphatic carbocycles. The van der Waals surface area contributed by atoms with Crippen LogP contribution in [0.1, 0.15) is 30.8 Å². The number of rotatable bonds is 4. The highest BCUT2D eigenvalue weighted by Gasteiger charge is 2.51. The lowest BCUT2D eigenvalue weighted by molar-refractivity contribution is -0.144. The molecule has 0 spiro atoms. The van der Waals surface area contributed by atoms with Gasteiger partial charge in [0.25, 0.3) is 0 Å². The largest absolute Gasteiger partial charge is 0.481 e. The molecule has 1 aromatic rings. The van der Waals surface area contributed by atoms with Crippen LogP contribution in [-0.4, -0.2) is 23.0 Å². The van der Waals surface area contributed by atoms with Crippen molar-refractivity contribution in [2.45, 2.75) is 32.2 Å². The number of carbonyl (C=O) groups excluding carboxylic acids is 1. The number of carboxylic acids is 1. The Labute approximate surface area is 123 Å². The Kier molecular flexibility index (Phi) is 3.57. The van der Waals surface area contributed by atoms with E-state index in [1.54, 1.807) is 12.1 Å². The minimum atomic E-state index is -0.793. The lowest BCUT2D eigenvalue weighted by atomic mass is 9.84. The number of nitrogens with one attached hydrogen (secondary N) is 1. The zero-order valence-corrected chi connectivity index (χ0v) is 11.9. The van der Waals surface area contributed by atoms with Crippen molar-refractivity contribution in [3.8, 4) is 0 Å². The van der Waals surface area contributed by atoms with Crippen molar-refractivity contribution in [1.82, 2.24) is 5.32 Å². The summed E-state index contributed by atoms with van der Waals surface area (Å²) in [5.74, 6) is 0.436. The predicted octanol–water partition coefficient (Wildman–Crippen LogP) is 2.22. The molecule has 1 amide bonds. The van der Waals surface area contributed by atoms with Crippen LogP contribution in [0, 0.1) is 24.7 Å². The van der Waals surface area contributed by atoms with Crippen LogP contribution in [0.2, 0.25) is 0 Å².